The van der Waals surface area contributed by atoms with Crippen molar-refractivity contribution in [2.75, 3.05) is 6.67 Å². The minimum Gasteiger partial charge on any atom is -0.251 e. The Morgan fingerprint density at radius 3 is 2.46 bits per heavy atom. The number of hydrogen-bond donors (Lipinski definition) is 0. The number of halogens is 1. The van der Waals surface area contributed by atoms with Gasteiger partial charge in [-0.15, -0.1) is 0 Å². The van der Waals surface area contributed by atoms with Crippen LogP contribution < -0.4 is 0 Å². The lowest BCUT2D eigenvalue weighted by Crippen LogP contribution is -2.28. The molecule has 0 aromatic rings. The lowest BCUT2D eigenvalue weighted by Gasteiger charge is -2.25. The van der Waals surface area contributed by atoms with E-state index in [-0.39, 0.29) is 17.3 Å². The molecule has 13 heavy (non-hydrogen) atoms. The summed E-state index contributed by atoms with van der Waals surface area (Å²) in [7, 11) is -1.17. The van der Waals surface area contributed by atoms with Crippen molar-refractivity contribution in [1.29, 1.82) is 0 Å². The van der Waals surface area contributed by atoms with Crippen LogP contribution in [0, 0.1) is 5.92 Å². The van der Waals surface area contributed by atoms with Crippen molar-refractivity contribution in [2.24, 2.45) is 10.3 Å². The van der Waals surface area contributed by atoms with E-state index in [1.165, 1.54) is 0 Å². The number of rotatable bonds is 2. The second kappa shape index (κ2) is 3.86. The molecule has 2 nitrogen and oxygen atoms in total. The van der Waals surface area contributed by atoms with E-state index >= 15 is 0 Å². The number of alkyl halides is 1. The van der Waals surface area contributed by atoms with Crippen LogP contribution in [0.1, 0.15) is 33.6 Å². The van der Waals surface area contributed by atoms with Crippen molar-refractivity contribution in [3.63, 3.8) is 0 Å². The van der Waals surface area contributed by atoms with E-state index < -0.39 is 11.0 Å². The minimum absolute atomic E-state index is 0.135. The topological polar surface area (TPSA) is 29.4 Å². The van der Waals surface area contributed by atoms with E-state index in [1.807, 2.05) is 20.8 Å². The van der Waals surface area contributed by atoms with Gasteiger partial charge in [-0.1, -0.05) is 0 Å². The molecule has 1 saturated carbocycles. The lowest BCUT2D eigenvalue weighted by molar-refractivity contribution is 0.346. The highest BCUT2D eigenvalue weighted by molar-refractivity contribution is 7.85. The van der Waals surface area contributed by atoms with Gasteiger partial charge in [0.1, 0.15) is 11.0 Å². The largest absolute Gasteiger partial charge is 0.251 e. The summed E-state index contributed by atoms with van der Waals surface area (Å²) in [6.07, 6.45) is 1.39. The fourth-order valence-electron chi connectivity index (χ4n) is 1.04. The van der Waals surface area contributed by atoms with Gasteiger partial charge in [0.15, 0.2) is 0 Å². The van der Waals surface area contributed by atoms with Crippen molar-refractivity contribution in [1.82, 2.24) is 0 Å². The maximum absolute atomic E-state index is 12.1. The first-order valence-corrected chi connectivity index (χ1v) is 5.58. The summed E-state index contributed by atoms with van der Waals surface area (Å²) in [5.74, 6) is 0.135. The third kappa shape index (κ3) is 2.86. The molecule has 1 atom stereocenters. The highest BCUT2D eigenvalue weighted by Gasteiger charge is 2.27. The van der Waals surface area contributed by atoms with Gasteiger partial charge in [-0.25, -0.2) is 4.21 Å². The molecule has 0 saturated heterocycles. The van der Waals surface area contributed by atoms with Gasteiger partial charge < -0.3 is 0 Å². The molecule has 0 amide bonds. The highest BCUT2D eigenvalue weighted by Crippen LogP contribution is 2.26. The van der Waals surface area contributed by atoms with Gasteiger partial charge in [0.25, 0.3) is 0 Å². The Bertz CT molecular complexity index is 236. The summed E-state index contributed by atoms with van der Waals surface area (Å²) in [5.41, 5.74) is 0.913. The monoisotopic (exact) mass is 205 g/mol. The molecule has 1 aliphatic rings. The van der Waals surface area contributed by atoms with E-state index in [0.717, 1.165) is 5.71 Å². The molecule has 0 unspecified atom stereocenters. The Labute approximate surface area is 81.2 Å². The molecule has 4 heteroatoms. The molecule has 0 aromatic carbocycles. The maximum atomic E-state index is 12.1. The predicted octanol–water partition coefficient (Wildman–Crippen LogP) is 2.27. The molecule has 0 N–H and O–H groups in total. The van der Waals surface area contributed by atoms with Gasteiger partial charge in [-0.3, -0.25) is 4.39 Å². The average molecular weight is 205 g/mol. The van der Waals surface area contributed by atoms with E-state index in [1.54, 1.807) is 0 Å². The summed E-state index contributed by atoms with van der Waals surface area (Å²) in [6.45, 7) is 5.39. The molecule has 1 aliphatic carbocycles. The predicted molar refractivity (Wildman–Crippen MR) is 54.0 cm³/mol. The van der Waals surface area contributed by atoms with Crippen molar-refractivity contribution in [3.05, 3.63) is 0 Å². The molecule has 0 aliphatic heterocycles. The van der Waals surface area contributed by atoms with E-state index in [4.69, 9.17) is 0 Å². The third-order valence-electron chi connectivity index (χ3n) is 2.00. The van der Waals surface area contributed by atoms with Crippen molar-refractivity contribution >= 4 is 16.7 Å². The second-order valence-corrected chi connectivity index (χ2v) is 6.35. The lowest BCUT2D eigenvalue weighted by atomic mass is 9.85. The van der Waals surface area contributed by atoms with Crippen LogP contribution in [-0.4, -0.2) is 21.3 Å². The first-order valence-electron chi connectivity index (χ1n) is 4.48. The van der Waals surface area contributed by atoms with Gasteiger partial charge in [0.2, 0.25) is 0 Å². The fraction of sp³-hybridized carbons (Fsp3) is 0.889. The summed E-state index contributed by atoms with van der Waals surface area (Å²) >= 11 is 0. The van der Waals surface area contributed by atoms with Crippen LogP contribution in [0.5, 0.6) is 0 Å². The second-order valence-electron chi connectivity index (χ2n) is 4.45. The quantitative estimate of drug-likeness (QED) is 0.680. The van der Waals surface area contributed by atoms with Crippen LogP contribution in [0.25, 0.3) is 0 Å². The molecule has 1 fully saturated rings. The Balaban J connectivity index is 2.46. The van der Waals surface area contributed by atoms with Crippen molar-refractivity contribution in [2.45, 2.75) is 38.4 Å². The number of hydrogen-bond acceptors (Lipinski definition) is 1. The minimum atomic E-state index is -1.17. The summed E-state index contributed by atoms with van der Waals surface area (Å²) in [4.78, 5) is 0. The first kappa shape index (κ1) is 10.8. The zero-order valence-corrected chi connectivity index (χ0v) is 9.16. The molecule has 0 aromatic heterocycles. The molecule has 0 bridgehead atoms. The van der Waals surface area contributed by atoms with Crippen molar-refractivity contribution < 1.29 is 8.60 Å². The summed E-state index contributed by atoms with van der Waals surface area (Å²) in [5, 5.41) is 0. The van der Waals surface area contributed by atoms with Crippen LogP contribution in [0.2, 0.25) is 0 Å². The molecular weight excluding hydrogens is 189 g/mol. The van der Waals surface area contributed by atoms with Gasteiger partial charge >= 0.3 is 0 Å². The molecule has 1 rings (SSSR count). The highest BCUT2D eigenvalue weighted by atomic mass is 32.2. The van der Waals surface area contributed by atoms with Crippen LogP contribution in [0.3, 0.4) is 0 Å². The SMILES string of the molecule is CC(C)(C)[S@@](=O)N=C1CC(CF)C1. The summed E-state index contributed by atoms with van der Waals surface area (Å²) in [6, 6.07) is 0. The smallest absolute Gasteiger partial charge is 0.144 e. The Morgan fingerprint density at radius 2 is 2.08 bits per heavy atom. The molecule has 0 heterocycles. The van der Waals surface area contributed by atoms with E-state index in [2.05, 4.69) is 4.40 Å². The summed E-state index contributed by atoms with van der Waals surface area (Å²) < 4.78 is 27.3. The normalized spacial score (nSPS) is 25.2. The standard InChI is InChI=1S/C9H16FNOS/c1-9(2,3)13(12)11-8-4-7(5-8)6-10/h7H,4-6H2,1-3H3/t7?,13-/m1/s1. The fourth-order valence-corrected chi connectivity index (χ4v) is 1.70. The Kier molecular flexibility index (Phi) is 3.22. The van der Waals surface area contributed by atoms with Crippen molar-refractivity contribution in [3.8, 4) is 0 Å². The first-order chi connectivity index (χ1) is 5.93. The van der Waals surface area contributed by atoms with Crippen LogP contribution in [0.15, 0.2) is 4.40 Å². The van der Waals surface area contributed by atoms with E-state index in [0.29, 0.717) is 12.8 Å². The Morgan fingerprint density at radius 1 is 1.54 bits per heavy atom. The average Bonchev–Trinajstić information content (AvgIpc) is 1.93. The van der Waals surface area contributed by atoms with Gasteiger partial charge in [-0.2, -0.15) is 4.40 Å². The maximum Gasteiger partial charge on any atom is 0.144 e. The zero-order chi connectivity index (χ0) is 10.1. The molecular formula is C9H16FNOS. The zero-order valence-electron chi connectivity index (χ0n) is 8.34. The van der Waals surface area contributed by atoms with Gasteiger partial charge in [0.05, 0.1) is 11.4 Å². The van der Waals surface area contributed by atoms with Gasteiger partial charge in [-0.05, 0) is 39.5 Å². The van der Waals surface area contributed by atoms with Crippen LogP contribution >= 0.6 is 0 Å². The molecule has 76 valence electrons. The van der Waals surface area contributed by atoms with Crippen LogP contribution in [-0.2, 0) is 11.0 Å². The Hall–Kier alpha value is -0.250. The molecule has 0 radical (unpaired) electrons. The van der Waals surface area contributed by atoms with Crippen LogP contribution in [0.4, 0.5) is 4.39 Å². The number of nitrogens with zero attached hydrogens (tertiary/aromatic N) is 1. The van der Waals surface area contributed by atoms with Gasteiger partial charge in [0, 0.05) is 5.71 Å². The third-order valence-corrected chi connectivity index (χ3v) is 3.47. The molecule has 0 spiro atoms. The van der Waals surface area contributed by atoms with E-state index in [9.17, 15) is 8.60 Å².